The van der Waals surface area contributed by atoms with Gasteiger partial charge in [0.25, 0.3) is 0 Å². The molecule has 0 heterocycles. The van der Waals surface area contributed by atoms with Gasteiger partial charge in [0.05, 0.1) is 4.47 Å². The van der Waals surface area contributed by atoms with Crippen LogP contribution in [0, 0.1) is 0 Å². The summed E-state index contributed by atoms with van der Waals surface area (Å²) in [6, 6.07) is 13.5. The van der Waals surface area contributed by atoms with Crippen molar-refractivity contribution in [2.24, 2.45) is 0 Å². The molecule has 1 atom stereocenters. The van der Waals surface area contributed by atoms with Crippen LogP contribution >= 0.6 is 27.5 Å². The molecule has 0 radical (unpaired) electrons. The molecule has 0 saturated carbocycles. The average Bonchev–Trinajstić information content (AvgIpc) is 2.40. The highest BCUT2D eigenvalue weighted by molar-refractivity contribution is 9.10. The first-order valence-electron chi connectivity index (χ1n) is 6.03. The van der Waals surface area contributed by atoms with E-state index in [0.717, 1.165) is 16.1 Å². The van der Waals surface area contributed by atoms with Gasteiger partial charge in [0, 0.05) is 23.2 Å². The molecule has 0 fully saturated rings. The van der Waals surface area contributed by atoms with E-state index in [0.29, 0.717) is 11.0 Å². The van der Waals surface area contributed by atoms with Crippen LogP contribution in [-0.2, 0) is 6.54 Å². The van der Waals surface area contributed by atoms with Crippen molar-refractivity contribution in [3.63, 3.8) is 0 Å². The minimum Gasteiger partial charge on any atom is -0.506 e. The lowest BCUT2D eigenvalue weighted by Crippen LogP contribution is -2.18. The second kappa shape index (κ2) is 6.42. The number of aromatic hydroxyl groups is 1. The number of nitrogens with one attached hydrogen (secondary N) is 1. The zero-order valence-corrected chi connectivity index (χ0v) is 12.9. The maximum absolute atomic E-state index is 9.92. The Balaban J connectivity index is 2.07. The fourth-order valence-electron chi connectivity index (χ4n) is 1.90. The highest BCUT2D eigenvalue weighted by atomic mass is 79.9. The Hall–Kier alpha value is -1.03. The lowest BCUT2D eigenvalue weighted by Gasteiger charge is -2.16. The van der Waals surface area contributed by atoms with E-state index in [1.54, 1.807) is 0 Å². The summed E-state index contributed by atoms with van der Waals surface area (Å²) in [6.45, 7) is 2.63. The molecule has 2 aromatic rings. The summed E-state index contributed by atoms with van der Waals surface area (Å²) >= 11 is 9.47. The SMILES string of the molecule is C[C@@H](NCc1cccc(Br)c1O)c1ccccc1Cl. The maximum atomic E-state index is 9.92. The first-order valence-corrected chi connectivity index (χ1v) is 7.21. The van der Waals surface area contributed by atoms with E-state index in [9.17, 15) is 5.11 Å². The minimum absolute atomic E-state index is 0.118. The van der Waals surface area contributed by atoms with Crippen molar-refractivity contribution >= 4 is 27.5 Å². The van der Waals surface area contributed by atoms with E-state index >= 15 is 0 Å². The Morgan fingerprint density at radius 3 is 2.68 bits per heavy atom. The smallest absolute Gasteiger partial charge is 0.134 e. The van der Waals surface area contributed by atoms with Crippen molar-refractivity contribution in [3.05, 3.63) is 63.1 Å². The zero-order valence-electron chi connectivity index (χ0n) is 10.5. The number of phenols is 1. The van der Waals surface area contributed by atoms with Gasteiger partial charge in [0.2, 0.25) is 0 Å². The summed E-state index contributed by atoms with van der Waals surface area (Å²) in [7, 11) is 0. The minimum atomic E-state index is 0.118. The van der Waals surface area contributed by atoms with Crippen LogP contribution in [0.2, 0.25) is 5.02 Å². The van der Waals surface area contributed by atoms with Crippen LogP contribution < -0.4 is 5.32 Å². The summed E-state index contributed by atoms with van der Waals surface area (Å²) < 4.78 is 0.706. The van der Waals surface area contributed by atoms with E-state index in [4.69, 9.17) is 11.6 Å². The number of hydrogen-bond donors (Lipinski definition) is 2. The van der Waals surface area contributed by atoms with Gasteiger partial charge in [-0.25, -0.2) is 0 Å². The zero-order chi connectivity index (χ0) is 13.8. The first-order chi connectivity index (χ1) is 9.09. The predicted molar refractivity (Wildman–Crippen MR) is 82.5 cm³/mol. The lowest BCUT2D eigenvalue weighted by molar-refractivity contribution is 0.457. The van der Waals surface area contributed by atoms with Gasteiger partial charge in [-0.15, -0.1) is 0 Å². The molecular formula is C15H15BrClNO. The Labute approximate surface area is 126 Å². The molecule has 0 aromatic heterocycles. The molecule has 0 aliphatic heterocycles. The number of phenolic OH excluding ortho intramolecular Hbond substituents is 1. The molecule has 2 aromatic carbocycles. The molecule has 0 aliphatic carbocycles. The van der Waals surface area contributed by atoms with Crippen LogP contribution in [0.5, 0.6) is 5.75 Å². The number of hydrogen-bond acceptors (Lipinski definition) is 2. The van der Waals surface area contributed by atoms with Crippen molar-refractivity contribution in [3.8, 4) is 5.75 Å². The van der Waals surface area contributed by atoms with Gasteiger partial charge in [0.1, 0.15) is 5.75 Å². The van der Waals surface area contributed by atoms with Gasteiger partial charge < -0.3 is 10.4 Å². The third-order valence-electron chi connectivity index (χ3n) is 3.04. The van der Waals surface area contributed by atoms with E-state index < -0.39 is 0 Å². The third kappa shape index (κ3) is 3.50. The number of rotatable bonds is 4. The molecular weight excluding hydrogens is 326 g/mol. The van der Waals surface area contributed by atoms with Crippen LogP contribution in [0.15, 0.2) is 46.9 Å². The van der Waals surface area contributed by atoms with Crippen LogP contribution in [-0.4, -0.2) is 5.11 Å². The third-order valence-corrected chi connectivity index (χ3v) is 4.02. The summed E-state index contributed by atoms with van der Waals surface area (Å²) in [4.78, 5) is 0. The molecule has 0 unspecified atom stereocenters. The second-order valence-electron chi connectivity index (χ2n) is 4.37. The molecule has 100 valence electrons. The van der Waals surface area contributed by atoms with E-state index in [1.165, 1.54) is 0 Å². The largest absolute Gasteiger partial charge is 0.506 e. The molecule has 2 rings (SSSR count). The van der Waals surface area contributed by atoms with Gasteiger partial charge >= 0.3 is 0 Å². The van der Waals surface area contributed by atoms with Gasteiger partial charge in [-0.3, -0.25) is 0 Å². The van der Waals surface area contributed by atoms with Crippen LogP contribution in [0.1, 0.15) is 24.1 Å². The molecule has 0 aliphatic rings. The molecule has 0 bridgehead atoms. The molecule has 0 spiro atoms. The predicted octanol–water partition coefficient (Wildman–Crippen LogP) is 4.66. The van der Waals surface area contributed by atoms with Gasteiger partial charge in [-0.1, -0.05) is 41.9 Å². The van der Waals surface area contributed by atoms with Crippen LogP contribution in [0.25, 0.3) is 0 Å². The van der Waals surface area contributed by atoms with Crippen molar-refractivity contribution in [1.29, 1.82) is 0 Å². The van der Waals surface area contributed by atoms with Crippen molar-refractivity contribution in [2.45, 2.75) is 19.5 Å². The van der Waals surface area contributed by atoms with E-state index in [2.05, 4.69) is 28.2 Å². The topological polar surface area (TPSA) is 32.3 Å². The first kappa shape index (κ1) is 14.4. The van der Waals surface area contributed by atoms with Gasteiger partial charge in [-0.2, -0.15) is 0 Å². The summed E-state index contributed by atoms with van der Waals surface area (Å²) in [5.41, 5.74) is 1.91. The van der Waals surface area contributed by atoms with E-state index in [-0.39, 0.29) is 11.8 Å². The Kier molecular flexibility index (Phi) is 4.86. The monoisotopic (exact) mass is 339 g/mol. The van der Waals surface area contributed by atoms with E-state index in [1.807, 2.05) is 42.5 Å². The molecule has 0 amide bonds. The fraction of sp³-hybridized carbons (Fsp3) is 0.200. The normalized spacial score (nSPS) is 12.4. The average molecular weight is 341 g/mol. The highest BCUT2D eigenvalue weighted by Crippen LogP contribution is 2.28. The van der Waals surface area contributed by atoms with Crippen molar-refractivity contribution in [2.75, 3.05) is 0 Å². The second-order valence-corrected chi connectivity index (χ2v) is 5.63. The van der Waals surface area contributed by atoms with Gasteiger partial charge in [0.15, 0.2) is 0 Å². The molecule has 4 heteroatoms. The summed E-state index contributed by atoms with van der Waals surface area (Å²) in [5, 5.41) is 14.0. The Morgan fingerprint density at radius 1 is 1.21 bits per heavy atom. The fourth-order valence-corrected chi connectivity index (χ4v) is 2.61. The number of halogens is 2. The number of para-hydroxylation sites is 1. The van der Waals surface area contributed by atoms with Gasteiger partial charge in [-0.05, 0) is 40.5 Å². The molecule has 2 nitrogen and oxygen atoms in total. The number of benzene rings is 2. The maximum Gasteiger partial charge on any atom is 0.134 e. The molecule has 0 saturated heterocycles. The standard InChI is InChI=1S/C15H15BrClNO/c1-10(12-6-2-3-8-14(12)17)18-9-11-5-4-7-13(16)15(11)19/h2-8,10,18-19H,9H2,1H3/t10-/m1/s1. The molecule has 19 heavy (non-hydrogen) atoms. The lowest BCUT2D eigenvalue weighted by atomic mass is 10.1. The summed E-state index contributed by atoms with van der Waals surface area (Å²) in [6.07, 6.45) is 0. The van der Waals surface area contributed by atoms with Crippen molar-refractivity contribution < 1.29 is 5.11 Å². The summed E-state index contributed by atoms with van der Waals surface area (Å²) in [5.74, 6) is 0.279. The highest BCUT2D eigenvalue weighted by Gasteiger charge is 2.10. The quantitative estimate of drug-likeness (QED) is 0.848. The Morgan fingerprint density at radius 2 is 1.95 bits per heavy atom. The Bertz CT molecular complexity index is 574. The van der Waals surface area contributed by atoms with Crippen molar-refractivity contribution in [1.82, 2.24) is 5.32 Å². The van der Waals surface area contributed by atoms with Crippen LogP contribution in [0.4, 0.5) is 0 Å². The molecule has 2 N–H and O–H groups in total. The van der Waals surface area contributed by atoms with Crippen LogP contribution in [0.3, 0.4) is 0 Å².